The average Bonchev–Trinajstić information content (AvgIpc) is 1.64. The van der Waals surface area contributed by atoms with E-state index in [1.165, 1.54) is 0 Å². The van der Waals surface area contributed by atoms with Crippen molar-refractivity contribution in [1.82, 2.24) is 0 Å². The quantitative estimate of drug-likeness (QED) is 0.720. The molecule has 0 fully saturated rings. The molecule has 2 heteroatoms. The van der Waals surface area contributed by atoms with Gasteiger partial charge in [0.1, 0.15) is 0 Å². The molecule has 0 amide bonds. The third-order valence-corrected chi connectivity index (χ3v) is 6.78. The van der Waals surface area contributed by atoms with E-state index in [4.69, 9.17) is 5.26 Å². The van der Waals surface area contributed by atoms with E-state index in [-0.39, 0.29) is 0 Å². The van der Waals surface area contributed by atoms with E-state index in [0.29, 0.717) is 8.27 Å². The second-order valence-electron chi connectivity index (χ2n) is 2.19. The molecule has 0 N–H and O–H groups in total. The number of nitrogens with zero attached hydrogens (tertiary/aromatic N) is 1. The van der Waals surface area contributed by atoms with Gasteiger partial charge in [0.25, 0.3) is 0 Å². The number of nitriles is 1. The van der Waals surface area contributed by atoms with E-state index in [0.717, 1.165) is 0 Å². The van der Waals surface area contributed by atoms with Gasteiger partial charge in [-0.05, 0) is 0 Å². The van der Waals surface area contributed by atoms with Crippen molar-refractivity contribution < 1.29 is 18.4 Å². The predicted octanol–water partition coefficient (Wildman–Crippen LogP) is 2.74. The van der Waals surface area contributed by atoms with Gasteiger partial charge in [-0.3, -0.25) is 0 Å². The van der Waals surface area contributed by atoms with Crippen LogP contribution >= 0.6 is 0 Å². The molecule has 0 unspecified atom stereocenters. The second-order valence-corrected chi connectivity index (χ2v) is 9.65. The van der Waals surface area contributed by atoms with Crippen molar-refractivity contribution in [3.63, 3.8) is 0 Å². The van der Waals surface area contributed by atoms with Crippen LogP contribution < -0.4 is 0 Å². The molecule has 0 aliphatic heterocycles. The van der Waals surface area contributed by atoms with Crippen LogP contribution in [0.3, 0.4) is 0 Å². The summed E-state index contributed by atoms with van der Waals surface area (Å²) in [5.41, 5.74) is 0. The van der Waals surface area contributed by atoms with Gasteiger partial charge < -0.3 is 0 Å². The molecule has 0 atom stereocenters. The van der Waals surface area contributed by atoms with Gasteiger partial charge in [-0.25, -0.2) is 0 Å². The first-order valence-corrected chi connectivity index (χ1v) is 6.62. The minimum atomic E-state index is -1.14. The normalized spacial score (nSPS) is 11.9. The van der Waals surface area contributed by atoms with Gasteiger partial charge in [-0.2, -0.15) is 0 Å². The topological polar surface area (TPSA) is 23.8 Å². The van der Waals surface area contributed by atoms with Gasteiger partial charge in [-0.15, -0.1) is 0 Å². The van der Waals surface area contributed by atoms with Crippen LogP contribution in [0.25, 0.3) is 0 Å². The summed E-state index contributed by atoms with van der Waals surface area (Å²) >= 11 is -1.14. The van der Waals surface area contributed by atoms with Crippen LogP contribution in [0.2, 0.25) is 8.27 Å². The molecule has 0 rings (SSSR count). The maximum absolute atomic E-state index is 8.68. The molecule has 0 saturated carbocycles. The first-order valence-electron chi connectivity index (χ1n) is 3.03. The van der Waals surface area contributed by atoms with Gasteiger partial charge in [0.05, 0.1) is 0 Å². The molecule has 0 spiro atoms. The summed E-state index contributed by atoms with van der Waals surface area (Å²) in [5.74, 6) is 0. The number of hydrogen-bond acceptors (Lipinski definition) is 1. The van der Waals surface area contributed by atoms with E-state index >= 15 is 0 Å². The van der Waals surface area contributed by atoms with Crippen LogP contribution in [0, 0.1) is 9.55 Å². The Labute approximate surface area is 64.2 Å². The monoisotopic (exact) mass is 309 g/mol. The Kier molecular flexibility index (Phi) is 4.22. The number of rotatable bonds is 2. The average molecular weight is 309 g/mol. The fourth-order valence-corrected chi connectivity index (χ4v) is 4.57. The SMILES string of the molecule is C[CH](C)[Au]([C]#N)[CH](C)C. The first kappa shape index (κ1) is 9.23. The molecule has 0 heterocycles. The van der Waals surface area contributed by atoms with Crippen molar-refractivity contribution in [2.75, 3.05) is 0 Å². The van der Waals surface area contributed by atoms with Crippen LogP contribution in [-0.2, 0) is 18.4 Å². The molecular formula is C7H14AuN. The Morgan fingerprint density at radius 3 is 1.44 bits per heavy atom. The van der Waals surface area contributed by atoms with E-state index in [1.807, 2.05) is 0 Å². The predicted molar refractivity (Wildman–Crippen MR) is 35.8 cm³/mol. The zero-order valence-corrected chi connectivity index (χ0v) is 8.57. The van der Waals surface area contributed by atoms with Gasteiger partial charge in [0, 0.05) is 0 Å². The van der Waals surface area contributed by atoms with Crippen LogP contribution in [0.15, 0.2) is 0 Å². The van der Waals surface area contributed by atoms with Crippen LogP contribution in [-0.4, -0.2) is 0 Å². The Bertz CT molecular complexity index is 105. The molecule has 0 aromatic carbocycles. The Morgan fingerprint density at radius 1 is 1.11 bits per heavy atom. The Morgan fingerprint density at radius 2 is 1.44 bits per heavy atom. The van der Waals surface area contributed by atoms with Crippen LogP contribution in [0.5, 0.6) is 0 Å². The summed E-state index contributed by atoms with van der Waals surface area (Å²) in [6.45, 7) is 8.63. The van der Waals surface area contributed by atoms with Gasteiger partial charge in [0.15, 0.2) is 0 Å². The number of hydrogen-bond donors (Lipinski definition) is 0. The molecular weight excluding hydrogens is 295 g/mol. The molecule has 0 aliphatic rings. The summed E-state index contributed by atoms with van der Waals surface area (Å²) in [7, 11) is 0. The van der Waals surface area contributed by atoms with Gasteiger partial charge in [0.2, 0.25) is 0 Å². The summed E-state index contributed by atoms with van der Waals surface area (Å²) < 4.78 is 3.74. The van der Waals surface area contributed by atoms with Crippen molar-refractivity contribution in [2.24, 2.45) is 0 Å². The van der Waals surface area contributed by atoms with Crippen molar-refractivity contribution in [1.29, 1.82) is 5.26 Å². The van der Waals surface area contributed by atoms with Crippen molar-refractivity contribution >= 4 is 0 Å². The van der Waals surface area contributed by atoms with Gasteiger partial charge >= 0.3 is 64.0 Å². The maximum atomic E-state index is 8.68. The van der Waals surface area contributed by atoms with Crippen LogP contribution in [0.4, 0.5) is 0 Å². The second kappa shape index (κ2) is 4.11. The third kappa shape index (κ3) is 3.05. The molecule has 0 radical (unpaired) electrons. The van der Waals surface area contributed by atoms with E-state index < -0.39 is 18.4 Å². The molecule has 0 aromatic rings. The van der Waals surface area contributed by atoms with Crippen LogP contribution in [0.1, 0.15) is 27.7 Å². The molecule has 58 valence electrons. The van der Waals surface area contributed by atoms with Gasteiger partial charge in [-0.1, -0.05) is 0 Å². The first-order chi connectivity index (χ1) is 4.09. The van der Waals surface area contributed by atoms with Crippen molar-refractivity contribution in [3.8, 4) is 4.29 Å². The Balaban J connectivity index is 3.87. The minimum absolute atomic E-state index is 0.644. The summed E-state index contributed by atoms with van der Waals surface area (Å²) in [4.78, 5) is 0. The summed E-state index contributed by atoms with van der Waals surface area (Å²) in [6, 6.07) is 0. The molecule has 0 aliphatic carbocycles. The zero-order valence-electron chi connectivity index (χ0n) is 6.40. The third-order valence-electron chi connectivity index (χ3n) is 0.828. The molecule has 0 aromatic heterocycles. The van der Waals surface area contributed by atoms with E-state index in [9.17, 15) is 0 Å². The van der Waals surface area contributed by atoms with Crippen molar-refractivity contribution in [3.05, 3.63) is 0 Å². The standard InChI is InChI=1S/2C3H7.CN.Au/c2*1-3-2;1-2;/h2*3H,1-2H3;;. The summed E-state index contributed by atoms with van der Waals surface area (Å²) in [5, 5.41) is 8.68. The summed E-state index contributed by atoms with van der Waals surface area (Å²) in [6.07, 6.45) is 0. The zero-order chi connectivity index (χ0) is 7.44. The van der Waals surface area contributed by atoms with E-state index in [2.05, 4.69) is 32.0 Å². The molecule has 9 heavy (non-hydrogen) atoms. The van der Waals surface area contributed by atoms with Crippen molar-refractivity contribution in [2.45, 2.75) is 36.0 Å². The molecule has 0 saturated heterocycles. The Hall–Kier alpha value is 0.230. The molecule has 0 bridgehead atoms. The fourth-order valence-electron chi connectivity index (χ4n) is 0.558. The molecule has 1 nitrogen and oxygen atoms in total. The van der Waals surface area contributed by atoms with E-state index in [1.54, 1.807) is 0 Å². The fraction of sp³-hybridized carbons (Fsp3) is 0.857.